The summed E-state index contributed by atoms with van der Waals surface area (Å²) < 4.78 is 38.0. The summed E-state index contributed by atoms with van der Waals surface area (Å²) in [5.41, 5.74) is 5.53. The minimum Gasteiger partial charge on any atom is -0.772 e. The van der Waals surface area contributed by atoms with Gasteiger partial charge >= 0.3 is 0 Å². The molecule has 5 nitrogen and oxygen atoms in total. The van der Waals surface area contributed by atoms with Crippen LogP contribution in [0.3, 0.4) is 0 Å². The Kier molecular flexibility index (Phi) is 4.98. The van der Waals surface area contributed by atoms with Crippen LogP contribution < -0.4 is 5.56 Å². The molecular weight excluding hydrogens is 427 g/mol. The van der Waals surface area contributed by atoms with E-state index in [2.05, 4.69) is 0 Å². The summed E-state index contributed by atoms with van der Waals surface area (Å²) in [4.78, 5) is 17.7. The highest BCUT2D eigenvalue weighted by Crippen LogP contribution is 2.54. The summed E-state index contributed by atoms with van der Waals surface area (Å²) in [5.74, 6) is -0.314. The van der Waals surface area contributed by atoms with Crippen molar-refractivity contribution in [1.29, 1.82) is 0 Å². The van der Waals surface area contributed by atoms with Crippen molar-refractivity contribution in [3.05, 3.63) is 93.2 Å². The number of nitrogens with zero attached hydrogens (tertiary/aromatic N) is 2. The lowest BCUT2D eigenvalue weighted by atomic mass is 9.89. The molecule has 3 aromatic rings. The maximum absolute atomic E-state index is 13.6. The fourth-order valence-corrected chi connectivity index (χ4v) is 4.77. The summed E-state index contributed by atoms with van der Waals surface area (Å²) in [6, 6.07) is 13.8. The van der Waals surface area contributed by atoms with Gasteiger partial charge in [-0.05, 0) is 60.2 Å². The van der Waals surface area contributed by atoms with Crippen LogP contribution in [0.4, 0.5) is 4.39 Å². The molecule has 2 unspecified atom stereocenters. The lowest BCUT2D eigenvalue weighted by Crippen LogP contribution is -2.19. The van der Waals surface area contributed by atoms with Gasteiger partial charge in [0, 0.05) is 41.3 Å². The van der Waals surface area contributed by atoms with Crippen LogP contribution in [-0.2, 0) is 30.1 Å². The van der Waals surface area contributed by atoms with Crippen LogP contribution in [0.2, 0.25) is 0 Å². The Labute approximate surface area is 187 Å². The first-order chi connectivity index (χ1) is 15.3. The normalized spacial score (nSPS) is 17.7. The molecule has 5 rings (SSSR count). The molecule has 1 aliphatic heterocycles. The zero-order chi connectivity index (χ0) is 22.6. The van der Waals surface area contributed by atoms with Gasteiger partial charge in [0.15, 0.2) is 0 Å². The van der Waals surface area contributed by atoms with Crippen molar-refractivity contribution >= 4 is 16.8 Å². The first-order valence-electron chi connectivity index (χ1n) is 10.6. The molecule has 2 aromatic carbocycles. The second-order valence-corrected chi connectivity index (χ2v) is 10.0. The van der Waals surface area contributed by atoms with E-state index in [1.165, 1.54) is 12.1 Å². The lowest BCUT2D eigenvalue weighted by molar-refractivity contribution is 0.524. The Morgan fingerprint density at radius 1 is 1.12 bits per heavy atom. The van der Waals surface area contributed by atoms with E-state index in [0.29, 0.717) is 6.42 Å². The van der Waals surface area contributed by atoms with E-state index in [1.54, 1.807) is 36.7 Å². The zero-order valence-corrected chi connectivity index (χ0v) is 18.6. The molecule has 0 saturated heterocycles. The molecule has 164 valence electrons. The van der Waals surface area contributed by atoms with E-state index < -0.39 is 21.9 Å². The molecule has 1 aliphatic carbocycles. The second kappa shape index (κ2) is 7.60. The number of aromatic nitrogens is 1. The van der Waals surface area contributed by atoms with E-state index in [-0.39, 0.29) is 11.4 Å². The molecule has 1 aromatic heterocycles. The number of hydrogen-bond donors (Lipinski definition) is 0. The average Bonchev–Trinajstić information content (AvgIpc) is 3.56. The molecule has 1 fully saturated rings. The molecule has 1 saturated carbocycles. The number of pyridine rings is 1. The van der Waals surface area contributed by atoms with Crippen molar-refractivity contribution in [2.24, 2.45) is 12.0 Å². The zero-order valence-electron chi connectivity index (χ0n) is 17.8. The first-order valence-corrected chi connectivity index (χ1v) is 11.7. The molecular formula is C25H22FN2O3S-. The van der Waals surface area contributed by atoms with Gasteiger partial charge in [0.25, 0.3) is 5.56 Å². The highest BCUT2D eigenvalue weighted by atomic mass is 32.2. The lowest BCUT2D eigenvalue weighted by Gasteiger charge is -2.18. The number of aliphatic imine (C=N–C) groups is 1. The SMILES string of the molecule is CC(Cc1ccc2c(c1)-c1cn(C)c(=O)cc1C1(CC1)N=C2c1ccc(F)cc1)S(=O)[O-]. The van der Waals surface area contributed by atoms with E-state index in [0.717, 1.165) is 51.9 Å². The number of rotatable bonds is 4. The minimum atomic E-state index is -2.16. The van der Waals surface area contributed by atoms with Gasteiger partial charge in [0.05, 0.1) is 11.3 Å². The Morgan fingerprint density at radius 2 is 1.84 bits per heavy atom. The monoisotopic (exact) mass is 449 g/mol. The van der Waals surface area contributed by atoms with Gasteiger partial charge in [-0.25, -0.2) is 4.39 Å². The van der Waals surface area contributed by atoms with Gasteiger partial charge in [-0.1, -0.05) is 36.2 Å². The van der Waals surface area contributed by atoms with Crippen molar-refractivity contribution in [1.82, 2.24) is 4.57 Å². The third-order valence-corrected chi connectivity index (χ3v) is 7.20. The number of benzene rings is 2. The Hall–Kier alpha value is -2.90. The fraction of sp³-hybridized carbons (Fsp3) is 0.280. The van der Waals surface area contributed by atoms with E-state index >= 15 is 0 Å². The van der Waals surface area contributed by atoms with Gasteiger partial charge < -0.3 is 9.12 Å². The van der Waals surface area contributed by atoms with Crippen LogP contribution >= 0.6 is 0 Å². The standard InChI is InChI=1S/C25H23FN2O3S/c1-15(32(30)31)11-16-3-8-19-20(12-16)21-14-28(2)23(29)13-22(21)25(9-10-25)27-24(19)17-4-6-18(26)7-5-17/h3-8,12-15H,9-11H2,1-2H3,(H,30,31)/p-1. The molecule has 0 N–H and O–H groups in total. The molecule has 2 aliphatic rings. The summed E-state index contributed by atoms with van der Waals surface area (Å²) in [6.45, 7) is 1.68. The maximum atomic E-state index is 13.6. The van der Waals surface area contributed by atoms with Gasteiger partial charge in [0.1, 0.15) is 5.82 Å². The molecule has 0 amide bonds. The summed E-state index contributed by atoms with van der Waals surface area (Å²) in [6.07, 6.45) is 3.91. The number of halogens is 1. The molecule has 2 atom stereocenters. The minimum absolute atomic E-state index is 0.0939. The molecule has 0 radical (unpaired) electrons. The summed E-state index contributed by atoms with van der Waals surface area (Å²) in [5, 5.41) is -0.515. The summed E-state index contributed by atoms with van der Waals surface area (Å²) in [7, 11) is 1.72. The number of hydrogen-bond acceptors (Lipinski definition) is 4. The Balaban J connectivity index is 1.77. The van der Waals surface area contributed by atoms with Gasteiger partial charge in [-0.2, -0.15) is 0 Å². The third kappa shape index (κ3) is 3.55. The highest BCUT2D eigenvalue weighted by molar-refractivity contribution is 7.79. The van der Waals surface area contributed by atoms with Crippen LogP contribution in [0, 0.1) is 5.82 Å². The molecule has 32 heavy (non-hydrogen) atoms. The second-order valence-electron chi connectivity index (χ2n) is 8.70. The molecule has 7 heteroatoms. The van der Waals surface area contributed by atoms with E-state index in [4.69, 9.17) is 4.99 Å². The number of aryl methyl sites for hydroxylation is 1. The van der Waals surface area contributed by atoms with Crippen molar-refractivity contribution in [2.45, 2.75) is 37.0 Å². The average molecular weight is 450 g/mol. The van der Waals surface area contributed by atoms with Crippen LogP contribution in [0.1, 0.15) is 42.0 Å². The van der Waals surface area contributed by atoms with Crippen molar-refractivity contribution < 1.29 is 13.2 Å². The van der Waals surface area contributed by atoms with Crippen LogP contribution in [0.25, 0.3) is 11.1 Å². The van der Waals surface area contributed by atoms with Crippen molar-refractivity contribution in [3.8, 4) is 11.1 Å². The largest absolute Gasteiger partial charge is 0.772 e. The van der Waals surface area contributed by atoms with Gasteiger partial charge in [-0.3, -0.25) is 14.0 Å². The predicted octanol–water partition coefficient (Wildman–Crippen LogP) is 3.84. The van der Waals surface area contributed by atoms with Crippen LogP contribution in [0.5, 0.6) is 0 Å². The van der Waals surface area contributed by atoms with E-state index in [9.17, 15) is 17.9 Å². The predicted molar refractivity (Wildman–Crippen MR) is 122 cm³/mol. The van der Waals surface area contributed by atoms with E-state index in [1.807, 2.05) is 24.4 Å². The highest BCUT2D eigenvalue weighted by Gasteiger charge is 2.48. The van der Waals surface area contributed by atoms with Crippen molar-refractivity contribution in [2.75, 3.05) is 0 Å². The fourth-order valence-electron chi connectivity index (χ4n) is 4.44. The molecule has 1 spiro atoms. The topological polar surface area (TPSA) is 74.5 Å². The van der Waals surface area contributed by atoms with Gasteiger partial charge in [-0.15, -0.1) is 0 Å². The Bertz CT molecular complexity index is 1340. The Morgan fingerprint density at radius 3 is 2.50 bits per heavy atom. The summed E-state index contributed by atoms with van der Waals surface area (Å²) >= 11 is -2.16. The maximum Gasteiger partial charge on any atom is 0.250 e. The van der Waals surface area contributed by atoms with Crippen LogP contribution in [0.15, 0.2) is 64.5 Å². The smallest absolute Gasteiger partial charge is 0.250 e. The van der Waals surface area contributed by atoms with Gasteiger partial charge in [0.2, 0.25) is 0 Å². The third-order valence-electron chi connectivity index (χ3n) is 6.38. The number of fused-ring (bicyclic) bond motifs is 4. The molecule has 2 heterocycles. The molecule has 0 bridgehead atoms. The van der Waals surface area contributed by atoms with Crippen molar-refractivity contribution in [3.63, 3.8) is 0 Å². The quantitative estimate of drug-likeness (QED) is 0.568. The van der Waals surface area contributed by atoms with Crippen LogP contribution in [-0.4, -0.2) is 24.3 Å². The first kappa shape index (κ1) is 21.0.